The zero-order chi connectivity index (χ0) is 15.4. The second kappa shape index (κ2) is 6.66. The van der Waals surface area contributed by atoms with Crippen molar-refractivity contribution in [2.45, 2.75) is 19.4 Å². The highest BCUT2D eigenvalue weighted by atomic mass is 16.5. The molecular formula is C17H19N3O2. The van der Waals surface area contributed by atoms with Crippen LogP contribution >= 0.6 is 0 Å². The number of ether oxygens (including phenoxy) is 1. The molecule has 1 amide bonds. The van der Waals surface area contributed by atoms with Gasteiger partial charge >= 0.3 is 0 Å². The standard InChI is InChI=1S/C17H19N3O2/c1-12-15(10-18-11-20-12)17(21)19-9-14-7-8-22-16(14)13-5-3-2-4-6-13/h2-6,10-11,14,16H,7-9H2,1H3,(H,19,21)/t14-,16-/m1/s1. The van der Waals surface area contributed by atoms with E-state index in [0.717, 1.165) is 13.0 Å². The van der Waals surface area contributed by atoms with Crippen molar-refractivity contribution in [3.8, 4) is 0 Å². The summed E-state index contributed by atoms with van der Waals surface area (Å²) in [7, 11) is 0. The highest BCUT2D eigenvalue weighted by Crippen LogP contribution is 2.33. The van der Waals surface area contributed by atoms with Gasteiger partial charge < -0.3 is 10.1 Å². The van der Waals surface area contributed by atoms with Crippen molar-refractivity contribution in [2.75, 3.05) is 13.2 Å². The van der Waals surface area contributed by atoms with Gasteiger partial charge in [0.25, 0.3) is 5.91 Å². The Morgan fingerprint density at radius 1 is 1.36 bits per heavy atom. The third kappa shape index (κ3) is 3.14. The zero-order valence-electron chi connectivity index (χ0n) is 12.5. The number of aromatic nitrogens is 2. The minimum absolute atomic E-state index is 0.0506. The maximum atomic E-state index is 12.2. The second-order valence-electron chi connectivity index (χ2n) is 5.48. The normalized spacial score (nSPS) is 20.8. The maximum Gasteiger partial charge on any atom is 0.254 e. The summed E-state index contributed by atoms with van der Waals surface area (Å²) in [6.07, 6.45) is 4.00. The van der Waals surface area contributed by atoms with Gasteiger partial charge in [0.1, 0.15) is 6.33 Å². The molecule has 0 aliphatic carbocycles. The van der Waals surface area contributed by atoms with E-state index in [1.807, 2.05) is 25.1 Å². The quantitative estimate of drug-likeness (QED) is 0.940. The van der Waals surface area contributed by atoms with Gasteiger partial charge in [-0.3, -0.25) is 4.79 Å². The van der Waals surface area contributed by atoms with Crippen LogP contribution in [0.25, 0.3) is 0 Å². The topological polar surface area (TPSA) is 64.1 Å². The number of aryl methyl sites for hydroxylation is 1. The molecule has 1 aromatic carbocycles. The first-order valence-electron chi connectivity index (χ1n) is 7.47. The molecule has 5 nitrogen and oxygen atoms in total. The van der Waals surface area contributed by atoms with Gasteiger partial charge in [0, 0.05) is 25.3 Å². The van der Waals surface area contributed by atoms with Crippen molar-refractivity contribution in [1.29, 1.82) is 0 Å². The molecule has 114 valence electrons. The lowest BCUT2D eigenvalue weighted by Gasteiger charge is -2.19. The van der Waals surface area contributed by atoms with E-state index in [9.17, 15) is 4.79 Å². The van der Waals surface area contributed by atoms with Gasteiger partial charge in [-0.2, -0.15) is 0 Å². The molecule has 0 unspecified atom stereocenters. The molecule has 22 heavy (non-hydrogen) atoms. The van der Waals surface area contributed by atoms with Crippen LogP contribution in [-0.4, -0.2) is 29.0 Å². The fourth-order valence-electron chi connectivity index (χ4n) is 2.79. The molecule has 1 aliphatic rings. The van der Waals surface area contributed by atoms with Gasteiger partial charge in [-0.25, -0.2) is 9.97 Å². The number of hydrogen-bond donors (Lipinski definition) is 1. The Labute approximate surface area is 129 Å². The Balaban J connectivity index is 1.64. The van der Waals surface area contributed by atoms with Gasteiger partial charge in [-0.1, -0.05) is 30.3 Å². The van der Waals surface area contributed by atoms with Crippen molar-refractivity contribution < 1.29 is 9.53 Å². The predicted octanol–water partition coefficient (Wildman–Crippen LogP) is 2.29. The first-order chi connectivity index (χ1) is 10.8. The average molecular weight is 297 g/mol. The van der Waals surface area contributed by atoms with Gasteiger partial charge in [0.15, 0.2) is 0 Å². The van der Waals surface area contributed by atoms with Crippen molar-refractivity contribution in [2.24, 2.45) is 5.92 Å². The number of nitrogens with one attached hydrogen (secondary N) is 1. The van der Waals surface area contributed by atoms with E-state index in [4.69, 9.17) is 4.74 Å². The molecule has 0 radical (unpaired) electrons. The number of amides is 1. The van der Waals surface area contributed by atoms with Crippen LogP contribution in [0.4, 0.5) is 0 Å². The molecule has 1 aliphatic heterocycles. The highest BCUT2D eigenvalue weighted by Gasteiger charge is 2.29. The van der Waals surface area contributed by atoms with Crippen LogP contribution in [0.15, 0.2) is 42.9 Å². The van der Waals surface area contributed by atoms with Crippen molar-refractivity contribution >= 4 is 5.91 Å². The fourth-order valence-corrected chi connectivity index (χ4v) is 2.79. The molecule has 2 atom stereocenters. The summed E-state index contributed by atoms with van der Waals surface area (Å²) < 4.78 is 5.84. The van der Waals surface area contributed by atoms with Crippen LogP contribution in [0.2, 0.25) is 0 Å². The largest absolute Gasteiger partial charge is 0.373 e. The third-order valence-corrected chi connectivity index (χ3v) is 4.02. The number of carbonyl (C=O) groups excluding carboxylic acids is 1. The predicted molar refractivity (Wildman–Crippen MR) is 82.3 cm³/mol. The zero-order valence-corrected chi connectivity index (χ0v) is 12.5. The molecule has 0 spiro atoms. The van der Waals surface area contributed by atoms with Crippen molar-refractivity contribution in [3.63, 3.8) is 0 Å². The Hall–Kier alpha value is -2.27. The van der Waals surface area contributed by atoms with Crippen LogP contribution in [0.5, 0.6) is 0 Å². The first-order valence-corrected chi connectivity index (χ1v) is 7.47. The molecule has 1 N–H and O–H groups in total. The monoisotopic (exact) mass is 297 g/mol. The van der Waals surface area contributed by atoms with Crippen LogP contribution in [0.1, 0.15) is 34.1 Å². The lowest BCUT2D eigenvalue weighted by Crippen LogP contribution is -2.31. The van der Waals surface area contributed by atoms with Crippen LogP contribution in [0.3, 0.4) is 0 Å². The van der Waals surface area contributed by atoms with Crippen LogP contribution in [0, 0.1) is 12.8 Å². The SMILES string of the molecule is Cc1ncncc1C(=O)NC[C@H]1CCO[C@@H]1c1ccccc1. The highest BCUT2D eigenvalue weighted by molar-refractivity contribution is 5.94. The van der Waals surface area contributed by atoms with E-state index in [0.29, 0.717) is 17.8 Å². The lowest BCUT2D eigenvalue weighted by atomic mass is 9.95. The van der Waals surface area contributed by atoms with E-state index in [-0.39, 0.29) is 17.9 Å². The molecule has 0 bridgehead atoms. The number of nitrogens with zero attached hydrogens (tertiary/aromatic N) is 2. The average Bonchev–Trinajstić information content (AvgIpc) is 3.02. The molecule has 2 aromatic rings. The summed E-state index contributed by atoms with van der Waals surface area (Å²) in [6.45, 7) is 3.13. The Morgan fingerprint density at radius 3 is 2.95 bits per heavy atom. The third-order valence-electron chi connectivity index (χ3n) is 4.02. The van der Waals surface area contributed by atoms with Crippen molar-refractivity contribution in [1.82, 2.24) is 15.3 Å². The number of carbonyl (C=O) groups is 1. The summed E-state index contributed by atoms with van der Waals surface area (Å²) in [4.78, 5) is 20.2. The van der Waals surface area contributed by atoms with Gasteiger partial charge in [0.2, 0.25) is 0 Å². The Bertz CT molecular complexity index is 645. The minimum atomic E-state index is -0.128. The van der Waals surface area contributed by atoms with E-state index in [2.05, 4.69) is 27.4 Å². The van der Waals surface area contributed by atoms with E-state index in [1.54, 1.807) is 6.20 Å². The molecule has 5 heteroatoms. The van der Waals surface area contributed by atoms with Gasteiger partial charge in [-0.15, -0.1) is 0 Å². The molecular weight excluding hydrogens is 278 g/mol. The van der Waals surface area contributed by atoms with Gasteiger partial charge in [-0.05, 0) is 18.9 Å². The molecule has 0 saturated carbocycles. The van der Waals surface area contributed by atoms with E-state index in [1.165, 1.54) is 11.9 Å². The van der Waals surface area contributed by atoms with Crippen LogP contribution < -0.4 is 5.32 Å². The minimum Gasteiger partial charge on any atom is -0.373 e. The maximum absolute atomic E-state index is 12.2. The molecule has 1 aromatic heterocycles. The smallest absolute Gasteiger partial charge is 0.254 e. The lowest BCUT2D eigenvalue weighted by molar-refractivity contribution is 0.0845. The summed E-state index contributed by atoms with van der Waals surface area (Å²) in [6, 6.07) is 10.2. The summed E-state index contributed by atoms with van der Waals surface area (Å²) in [5, 5.41) is 2.98. The number of benzene rings is 1. The number of hydrogen-bond acceptors (Lipinski definition) is 4. The Morgan fingerprint density at radius 2 is 2.18 bits per heavy atom. The molecule has 1 fully saturated rings. The molecule has 1 saturated heterocycles. The van der Waals surface area contributed by atoms with E-state index >= 15 is 0 Å². The molecule has 2 heterocycles. The fraction of sp³-hybridized carbons (Fsp3) is 0.353. The summed E-state index contributed by atoms with van der Waals surface area (Å²) in [5.74, 6) is 0.160. The summed E-state index contributed by atoms with van der Waals surface area (Å²) >= 11 is 0. The van der Waals surface area contributed by atoms with Crippen molar-refractivity contribution in [3.05, 3.63) is 59.7 Å². The molecule has 3 rings (SSSR count). The van der Waals surface area contributed by atoms with Crippen LogP contribution in [-0.2, 0) is 4.74 Å². The number of rotatable bonds is 4. The first kappa shape index (κ1) is 14.7. The van der Waals surface area contributed by atoms with Gasteiger partial charge in [0.05, 0.1) is 17.4 Å². The summed E-state index contributed by atoms with van der Waals surface area (Å²) in [5.41, 5.74) is 2.38. The second-order valence-corrected chi connectivity index (χ2v) is 5.48. The Kier molecular flexibility index (Phi) is 4.44. The van der Waals surface area contributed by atoms with E-state index < -0.39 is 0 Å².